The highest BCUT2D eigenvalue weighted by Crippen LogP contribution is 2.38. The number of hydrogen-bond donors (Lipinski definition) is 0. The van der Waals surface area contributed by atoms with E-state index in [1.165, 1.54) is 0 Å². The molecule has 4 nitrogen and oxygen atoms in total. The first kappa shape index (κ1) is 23.8. The molecule has 3 aromatic rings. The van der Waals surface area contributed by atoms with Gasteiger partial charge in [-0.25, -0.2) is 0 Å². The summed E-state index contributed by atoms with van der Waals surface area (Å²) in [5, 5.41) is 2.80. The van der Waals surface area contributed by atoms with Crippen LogP contribution in [0.3, 0.4) is 0 Å². The van der Waals surface area contributed by atoms with E-state index in [1.807, 2.05) is 44.2 Å². The van der Waals surface area contributed by atoms with E-state index in [4.69, 9.17) is 25.6 Å². The third kappa shape index (κ3) is 4.55. The van der Waals surface area contributed by atoms with Crippen LogP contribution in [-0.4, -0.2) is 30.9 Å². The molecule has 0 saturated carbocycles. The van der Waals surface area contributed by atoms with Crippen LogP contribution in [0.4, 0.5) is 0 Å². The van der Waals surface area contributed by atoms with Crippen LogP contribution in [0.25, 0.3) is 21.9 Å². The van der Waals surface area contributed by atoms with Crippen LogP contribution in [0.1, 0.15) is 45.7 Å². The molecule has 0 aliphatic carbocycles. The maximum Gasteiger partial charge on any atom is 0.494 e. The number of hydrogen-bond acceptors (Lipinski definition) is 4. The summed E-state index contributed by atoms with van der Waals surface area (Å²) in [6.07, 6.45) is 0.215. The van der Waals surface area contributed by atoms with E-state index in [0.29, 0.717) is 11.6 Å². The van der Waals surface area contributed by atoms with Gasteiger partial charge in [-0.1, -0.05) is 48.0 Å². The number of fused-ring (bicyclic) bond motifs is 1. The Kier molecular flexibility index (Phi) is 6.34. The molecule has 1 aliphatic heterocycles. The van der Waals surface area contributed by atoms with Crippen molar-refractivity contribution >= 4 is 40.9 Å². The number of carbonyl (C=O) groups is 1. The fourth-order valence-electron chi connectivity index (χ4n) is 4.26. The maximum atomic E-state index is 12.4. The highest BCUT2D eigenvalue weighted by atomic mass is 35.5. The zero-order valence-corrected chi connectivity index (χ0v) is 20.9. The highest BCUT2D eigenvalue weighted by molar-refractivity contribution is 6.62. The topological polar surface area (TPSA) is 44.8 Å². The SMILES string of the molecule is CCOC(=O)Cc1c(C)cc2cc(B3OC(C)(C)C(C)(C)O3)ccc2c1-c1ccc(Cl)cc1. The summed E-state index contributed by atoms with van der Waals surface area (Å²) in [4.78, 5) is 12.4. The lowest BCUT2D eigenvalue weighted by molar-refractivity contribution is -0.142. The molecule has 1 fully saturated rings. The van der Waals surface area contributed by atoms with Gasteiger partial charge in [0.15, 0.2) is 0 Å². The molecule has 0 spiro atoms. The van der Waals surface area contributed by atoms with Crippen molar-refractivity contribution < 1.29 is 18.8 Å². The molecule has 0 N–H and O–H groups in total. The van der Waals surface area contributed by atoms with Crippen LogP contribution in [0.15, 0.2) is 48.5 Å². The van der Waals surface area contributed by atoms with Gasteiger partial charge in [0.25, 0.3) is 0 Å². The first-order chi connectivity index (χ1) is 15.5. The molecule has 0 aromatic heterocycles. The van der Waals surface area contributed by atoms with E-state index in [0.717, 1.165) is 38.5 Å². The maximum absolute atomic E-state index is 12.4. The molecule has 0 unspecified atom stereocenters. The molecule has 0 bridgehead atoms. The standard InChI is InChI=1S/C27H30BClO4/c1-7-31-24(30)16-23-17(2)14-19-15-20(28-32-26(3,4)27(5,6)33-28)10-13-22(19)25(23)18-8-11-21(29)12-9-18/h8-15H,7,16H2,1-6H3. The van der Waals surface area contributed by atoms with Crippen molar-refractivity contribution in [3.63, 3.8) is 0 Å². The Bertz CT molecular complexity index is 1180. The zero-order valence-electron chi connectivity index (χ0n) is 20.1. The molecule has 172 valence electrons. The van der Waals surface area contributed by atoms with Gasteiger partial charge in [0.05, 0.1) is 24.2 Å². The van der Waals surface area contributed by atoms with E-state index < -0.39 is 18.3 Å². The Labute approximate surface area is 201 Å². The predicted octanol–water partition coefficient (Wildman–Crippen LogP) is 5.87. The molecule has 1 aliphatic rings. The van der Waals surface area contributed by atoms with Crippen molar-refractivity contribution in [2.75, 3.05) is 6.61 Å². The summed E-state index contributed by atoms with van der Waals surface area (Å²) in [5.74, 6) is -0.232. The molecule has 0 amide bonds. The van der Waals surface area contributed by atoms with Crippen LogP contribution in [0, 0.1) is 6.92 Å². The fraction of sp³-hybridized carbons (Fsp3) is 0.370. The minimum absolute atomic E-state index is 0.215. The quantitative estimate of drug-likeness (QED) is 0.350. The average Bonchev–Trinajstić information content (AvgIpc) is 2.96. The highest BCUT2D eigenvalue weighted by Gasteiger charge is 2.51. The number of benzene rings is 3. The van der Waals surface area contributed by atoms with Gasteiger partial charge >= 0.3 is 13.1 Å². The first-order valence-electron chi connectivity index (χ1n) is 11.4. The lowest BCUT2D eigenvalue weighted by Gasteiger charge is -2.32. The lowest BCUT2D eigenvalue weighted by Crippen LogP contribution is -2.41. The minimum atomic E-state index is -0.433. The van der Waals surface area contributed by atoms with E-state index in [9.17, 15) is 4.79 Å². The van der Waals surface area contributed by atoms with Gasteiger partial charge in [-0.15, -0.1) is 0 Å². The number of carbonyl (C=O) groups excluding carboxylic acids is 1. The second-order valence-corrected chi connectivity index (χ2v) is 10.0. The van der Waals surface area contributed by atoms with Crippen molar-refractivity contribution in [3.05, 3.63) is 64.7 Å². The molecular formula is C27H30BClO4. The summed E-state index contributed by atoms with van der Waals surface area (Å²) >= 11 is 6.15. The smallest absolute Gasteiger partial charge is 0.466 e. The number of rotatable bonds is 5. The zero-order chi connectivity index (χ0) is 24.0. The minimum Gasteiger partial charge on any atom is -0.466 e. The number of ether oxygens (including phenoxy) is 1. The molecule has 3 aromatic carbocycles. The van der Waals surface area contributed by atoms with Gasteiger partial charge in [-0.3, -0.25) is 4.79 Å². The summed E-state index contributed by atoms with van der Waals surface area (Å²) in [5.41, 5.74) is 4.20. The summed E-state index contributed by atoms with van der Waals surface area (Å²) in [6.45, 7) is 12.4. The Hall–Kier alpha value is -2.34. The second kappa shape index (κ2) is 8.79. The van der Waals surface area contributed by atoms with Crippen molar-refractivity contribution in [1.29, 1.82) is 0 Å². The number of esters is 1. The number of aryl methyl sites for hydroxylation is 1. The third-order valence-corrected chi connectivity index (χ3v) is 7.03. The van der Waals surface area contributed by atoms with Gasteiger partial charge < -0.3 is 14.0 Å². The largest absolute Gasteiger partial charge is 0.494 e. The van der Waals surface area contributed by atoms with Crippen LogP contribution in [0.2, 0.25) is 5.02 Å². The molecule has 0 radical (unpaired) electrons. The van der Waals surface area contributed by atoms with Crippen molar-refractivity contribution in [3.8, 4) is 11.1 Å². The van der Waals surface area contributed by atoms with Crippen molar-refractivity contribution in [2.24, 2.45) is 0 Å². The van der Waals surface area contributed by atoms with Gasteiger partial charge in [0.1, 0.15) is 0 Å². The second-order valence-electron chi connectivity index (χ2n) is 9.60. The first-order valence-corrected chi connectivity index (χ1v) is 11.7. The van der Waals surface area contributed by atoms with Crippen LogP contribution >= 0.6 is 11.6 Å². The summed E-state index contributed by atoms with van der Waals surface area (Å²) < 4.78 is 17.8. The van der Waals surface area contributed by atoms with E-state index >= 15 is 0 Å². The molecule has 6 heteroatoms. The molecule has 0 atom stereocenters. The molecular weight excluding hydrogens is 435 g/mol. The normalized spacial score (nSPS) is 16.9. The van der Waals surface area contributed by atoms with Gasteiger partial charge in [-0.05, 0) is 92.2 Å². The molecule has 4 rings (SSSR count). The number of halogens is 1. The third-order valence-electron chi connectivity index (χ3n) is 6.78. The Balaban J connectivity index is 1.85. The van der Waals surface area contributed by atoms with E-state index in [2.05, 4.69) is 45.9 Å². The van der Waals surface area contributed by atoms with E-state index in [1.54, 1.807) is 0 Å². The summed E-state index contributed by atoms with van der Waals surface area (Å²) in [7, 11) is -0.433. The van der Waals surface area contributed by atoms with Crippen LogP contribution < -0.4 is 5.46 Å². The van der Waals surface area contributed by atoms with Crippen molar-refractivity contribution in [2.45, 2.75) is 59.2 Å². The van der Waals surface area contributed by atoms with Gasteiger partial charge in [-0.2, -0.15) is 0 Å². The average molecular weight is 465 g/mol. The fourth-order valence-corrected chi connectivity index (χ4v) is 4.39. The lowest BCUT2D eigenvalue weighted by atomic mass is 9.77. The Morgan fingerprint density at radius 3 is 2.24 bits per heavy atom. The predicted molar refractivity (Wildman–Crippen MR) is 135 cm³/mol. The van der Waals surface area contributed by atoms with Crippen LogP contribution in [0.5, 0.6) is 0 Å². The molecule has 1 heterocycles. The van der Waals surface area contributed by atoms with E-state index in [-0.39, 0.29) is 12.4 Å². The molecule has 33 heavy (non-hydrogen) atoms. The summed E-state index contributed by atoms with van der Waals surface area (Å²) in [6, 6.07) is 16.1. The molecule has 1 saturated heterocycles. The van der Waals surface area contributed by atoms with Gasteiger partial charge in [0.2, 0.25) is 0 Å². The van der Waals surface area contributed by atoms with Crippen LogP contribution in [-0.2, 0) is 25.3 Å². The Morgan fingerprint density at radius 2 is 1.64 bits per heavy atom. The monoisotopic (exact) mass is 464 g/mol. The van der Waals surface area contributed by atoms with Crippen molar-refractivity contribution in [1.82, 2.24) is 0 Å². The van der Waals surface area contributed by atoms with Gasteiger partial charge in [0, 0.05) is 5.02 Å². The Morgan fingerprint density at radius 1 is 1.00 bits per heavy atom.